The van der Waals surface area contributed by atoms with E-state index < -0.39 is 40.0 Å². The molecule has 0 saturated carbocycles. The van der Waals surface area contributed by atoms with Gasteiger partial charge in [0.25, 0.3) is 0 Å². The summed E-state index contributed by atoms with van der Waals surface area (Å²) in [6.45, 7) is 3.92. The predicted octanol–water partition coefficient (Wildman–Crippen LogP) is 0.934. The van der Waals surface area contributed by atoms with E-state index in [0.29, 0.717) is 17.9 Å². The summed E-state index contributed by atoms with van der Waals surface area (Å²) in [4.78, 5) is 37.4. The maximum absolute atomic E-state index is 12.7. The number of benzene rings is 1. The first-order valence-corrected chi connectivity index (χ1v) is 14.0. The number of amides is 1. The van der Waals surface area contributed by atoms with Crippen LogP contribution < -0.4 is 10.0 Å². The van der Waals surface area contributed by atoms with Gasteiger partial charge in [-0.15, -0.1) is 11.8 Å². The van der Waals surface area contributed by atoms with Crippen molar-refractivity contribution in [2.75, 3.05) is 13.1 Å². The Bertz CT molecular complexity index is 1250. The summed E-state index contributed by atoms with van der Waals surface area (Å²) in [7, 11) is -3.99. The SMILES string of the molecule is C[C@@H](O)[C@H]1C(=O)N2C(C(=O)O)=C(S[C@@H]3CN[C@H](CNS(=O)(=O)c4ccc(Cl)c(C(=O)O)c4)C3)[C@H](C)[C@H]12. The lowest BCUT2D eigenvalue weighted by Crippen LogP contribution is -2.63. The van der Waals surface area contributed by atoms with E-state index in [9.17, 15) is 38.1 Å². The highest BCUT2D eigenvalue weighted by Crippen LogP contribution is 2.51. The number of aliphatic hydroxyl groups excluding tert-OH is 1. The molecule has 1 aromatic carbocycles. The third-order valence-corrected chi connectivity index (χ3v) is 10.0. The monoisotopic (exact) mass is 559 g/mol. The number of hydrogen-bond acceptors (Lipinski definition) is 8. The number of aliphatic carboxylic acids is 1. The van der Waals surface area contributed by atoms with E-state index in [0.717, 1.165) is 6.07 Å². The number of hydrogen-bond donors (Lipinski definition) is 5. The summed E-state index contributed by atoms with van der Waals surface area (Å²) >= 11 is 7.18. The van der Waals surface area contributed by atoms with Crippen LogP contribution in [0.5, 0.6) is 0 Å². The first-order chi connectivity index (χ1) is 16.8. The van der Waals surface area contributed by atoms with Gasteiger partial charge in [-0.05, 0) is 31.5 Å². The minimum absolute atomic E-state index is 0.0412. The standard InChI is InChI=1S/C22H26ClN3O8S2/c1-9-17-16(10(2)27)20(28)26(17)18(22(31)32)19(9)35-12-5-11(24-8-12)7-25-36(33,34)13-3-4-15(23)14(6-13)21(29)30/h3-4,6,9-12,16-17,24-25,27H,5,7-8H2,1-2H3,(H,29,30)(H,31,32)/t9-,10-,11+,12+,16-,17-/m1/s1. The maximum Gasteiger partial charge on any atom is 0.353 e. The normalized spacial score (nSPS) is 28.7. The first-order valence-electron chi connectivity index (χ1n) is 11.2. The van der Waals surface area contributed by atoms with Crippen molar-refractivity contribution >= 4 is 51.2 Å². The van der Waals surface area contributed by atoms with Gasteiger partial charge < -0.3 is 25.5 Å². The quantitative estimate of drug-likeness (QED) is 0.274. The Kier molecular flexibility index (Phi) is 7.43. The fourth-order valence-electron chi connectivity index (χ4n) is 5.01. The highest BCUT2D eigenvalue weighted by molar-refractivity contribution is 8.03. The Labute approximate surface area is 216 Å². The zero-order valence-corrected chi connectivity index (χ0v) is 21.7. The molecule has 0 radical (unpaired) electrons. The highest BCUT2D eigenvalue weighted by Gasteiger charge is 2.60. The van der Waals surface area contributed by atoms with Gasteiger partial charge in [0.15, 0.2) is 0 Å². The third-order valence-electron chi connectivity index (χ3n) is 6.78. The second kappa shape index (κ2) is 9.95. The van der Waals surface area contributed by atoms with Crippen LogP contribution in [-0.4, -0.2) is 83.0 Å². The van der Waals surface area contributed by atoms with Crippen molar-refractivity contribution in [3.8, 4) is 0 Å². The lowest BCUT2D eigenvalue weighted by molar-refractivity contribution is -0.163. The lowest BCUT2D eigenvalue weighted by Gasteiger charge is -2.46. The molecule has 3 heterocycles. The van der Waals surface area contributed by atoms with Crippen LogP contribution in [-0.2, 0) is 19.6 Å². The van der Waals surface area contributed by atoms with Crippen molar-refractivity contribution in [3.05, 3.63) is 39.4 Å². The number of β-lactam (4-membered cyclic amide) rings is 1. The van der Waals surface area contributed by atoms with Gasteiger partial charge >= 0.3 is 11.9 Å². The largest absolute Gasteiger partial charge is 0.478 e. The second-order valence-corrected chi connectivity index (χ2v) is 12.7. The number of carbonyl (C=O) groups excluding carboxylic acids is 1. The second-order valence-electron chi connectivity index (χ2n) is 9.15. The summed E-state index contributed by atoms with van der Waals surface area (Å²) in [5.41, 5.74) is -0.357. The molecular weight excluding hydrogens is 534 g/mol. The van der Waals surface area contributed by atoms with Crippen molar-refractivity contribution in [3.63, 3.8) is 0 Å². The highest BCUT2D eigenvalue weighted by atomic mass is 35.5. The summed E-state index contributed by atoms with van der Waals surface area (Å²) in [5, 5.41) is 32.0. The van der Waals surface area contributed by atoms with Crippen molar-refractivity contribution in [1.29, 1.82) is 0 Å². The third kappa shape index (κ3) is 4.75. The number of aliphatic hydroxyl groups is 1. The van der Waals surface area contributed by atoms with Crippen LogP contribution in [0.4, 0.5) is 0 Å². The topological polar surface area (TPSA) is 173 Å². The molecule has 2 saturated heterocycles. The summed E-state index contributed by atoms with van der Waals surface area (Å²) in [6.07, 6.45) is -0.339. The number of carboxylic acids is 2. The molecule has 0 aliphatic carbocycles. The molecule has 36 heavy (non-hydrogen) atoms. The zero-order valence-electron chi connectivity index (χ0n) is 19.3. The van der Waals surface area contributed by atoms with E-state index in [1.165, 1.54) is 35.7 Å². The van der Waals surface area contributed by atoms with Gasteiger partial charge in [0.1, 0.15) is 5.70 Å². The summed E-state index contributed by atoms with van der Waals surface area (Å²) < 4.78 is 27.8. The fraction of sp³-hybridized carbons (Fsp3) is 0.500. The van der Waals surface area contributed by atoms with E-state index in [1.54, 1.807) is 0 Å². The van der Waals surface area contributed by atoms with E-state index >= 15 is 0 Å². The van der Waals surface area contributed by atoms with Gasteiger partial charge in [-0.1, -0.05) is 18.5 Å². The molecule has 5 N–H and O–H groups in total. The number of fused-ring (bicyclic) bond motifs is 1. The van der Waals surface area contributed by atoms with Crippen molar-refractivity contribution < 1.29 is 38.1 Å². The molecule has 0 unspecified atom stereocenters. The molecule has 14 heteroatoms. The number of aromatic carboxylic acids is 1. The molecule has 3 aliphatic rings. The summed E-state index contributed by atoms with van der Waals surface area (Å²) in [6, 6.07) is 2.81. The fourth-order valence-corrected chi connectivity index (χ4v) is 7.84. The Balaban J connectivity index is 1.40. The first kappa shape index (κ1) is 26.9. The molecule has 0 spiro atoms. The maximum atomic E-state index is 12.7. The number of nitrogens with zero attached hydrogens (tertiary/aromatic N) is 1. The van der Waals surface area contributed by atoms with Crippen molar-refractivity contribution in [2.24, 2.45) is 11.8 Å². The Morgan fingerprint density at radius 3 is 2.61 bits per heavy atom. The molecular formula is C22H26ClN3O8S2. The Morgan fingerprint density at radius 1 is 1.31 bits per heavy atom. The van der Waals surface area contributed by atoms with Gasteiger partial charge in [0.05, 0.1) is 33.5 Å². The Morgan fingerprint density at radius 2 is 2.00 bits per heavy atom. The average molecular weight is 560 g/mol. The smallest absolute Gasteiger partial charge is 0.353 e. The zero-order chi connectivity index (χ0) is 26.5. The van der Waals surface area contributed by atoms with E-state index in [2.05, 4.69) is 10.0 Å². The van der Waals surface area contributed by atoms with Crippen LogP contribution in [0.3, 0.4) is 0 Å². The number of halogens is 1. The van der Waals surface area contributed by atoms with Gasteiger partial charge in [-0.3, -0.25) is 4.79 Å². The molecule has 2 fully saturated rings. The predicted molar refractivity (Wildman–Crippen MR) is 131 cm³/mol. The van der Waals surface area contributed by atoms with Crippen LogP contribution in [0.15, 0.2) is 33.7 Å². The minimum Gasteiger partial charge on any atom is -0.478 e. The number of carbonyl (C=O) groups is 3. The van der Waals surface area contributed by atoms with Crippen LogP contribution in [0.2, 0.25) is 5.02 Å². The number of carboxylic acid groups (broad SMARTS) is 2. The Hall–Kier alpha value is -2.16. The molecule has 1 amide bonds. The number of sulfonamides is 1. The molecule has 3 aliphatic heterocycles. The number of rotatable bonds is 9. The van der Waals surface area contributed by atoms with Crippen molar-refractivity contribution in [1.82, 2.24) is 14.9 Å². The molecule has 1 aromatic rings. The van der Waals surface area contributed by atoms with Crippen LogP contribution >= 0.6 is 23.4 Å². The number of thioether (sulfide) groups is 1. The van der Waals surface area contributed by atoms with Crippen LogP contribution in [0.25, 0.3) is 0 Å². The van der Waals surface area contributed by atoms with Crippen LogP contribution in [0.1, 0.15) is 30.6 Å². The van der Waals surface area contributed by atoms with Gasteiger partial charge in [0, 0.05) is 35.2 Å². The van der Waals surface area contributed by atoms with Crippen LogP contribution in [0, 0.1) is 11.8 Å². The molecule has 196 valence electrons. The summed E-state index contributed by atoms with van der Waals surface area (Å²) in [5.74, 6) is -3.80. The van der Waals surface area contributed by atoms with E-state index in [1.807, 2.05) is 6.92 Å². The van der Waals surface area contributed by atoms with Gasteiger partial charge in [-0.2, -0.15) is 0 Å². The molecule has 6 atom stereocenters. The average Bonchev–Trinajstić information content (AvgIpc) is 3.33. The lowest BCUT2D eigenvalue weighted by atomic mass is 9.79. The van der Waals surface area contributed by atoms with E-state index in [-0.39, 0.29) is 50.8 Å². The van der Waals surface area contributed by atoms with Crippen molar-refractivity contribution in [2.45, 2.75) is 48.6 Å². The molecule has 11 nitrogen and oxygen atoms in total. The van der Waals surface area contributed by atoms with Gasteiger partial charge in [-0.25, -0.2) is 22.7 Å². The number of nitrogens with one attached hydrogen (secondary N) is 2. The van der Waals surface area contributed by atoms with E-state index in [4.69, 9.17) is 11.6 Å². The molecule has 0 bridgehead atoms. The minimum atomic E-state index is -3.99. The van der Waals surface area contributed by atoms with Gasteiger partial charge in [0.2, 0.25) is 15.9 Å². The molecule has 0 aromatic heterocycles. The molecule has 4 rings (SSSR count).